The third-order valence-electron chi connectivity index (χ3n) is 4.91. The van der Waals surface area contributed by atoms with Gasteiger partial charge in [0, 0.05) is 39.4 Å². The molecule has 0 radical (unpaired) electrons. The molecule has 0 aliphatic carbocycles. The largest absolute Gasteiger partial charge is 0.371 e. The van der Waals surface area contributed by atoms with Gasteiger partial charge in [-0.25, -0.2) is 4.79 Å². The van der Waals surface area contributed by atoms with Gasteiger partial charge >= 0.3 is 5.69 Å². The van der Waals surface area contributed by atoms with Crippen LogP contribution >= 0.6 is 0 Å². The van der Waals surface area contributed by atoms with Gasteiger partial charge in [-0.1, -0.05) is 18.2 Å². The molecule has 1 aliphatic heterocycles. The Balaban J connectivity index is 1.93. The highest BCUT2D eigenvalue weighted by atomic mass is 16.2. The lowest BCUT2D eigenvalue weighted by Crippen LogP contribution is -2.39. The molecule has 2 aromatic rings. The predicted molar refractivity (Wildman–Crippen MR) is 101 cm³/mol. The zero-order valence-corrected chi connectivity index (χ0v) is 15.2. The number of nitrogens with one attached hydrogen (secondary N) is 1. The van der Waals surface area contributed by atoms with Gasteiger partial charge in [-0.15, -0.1) is 0 Å². The Morgan fingerprint density at radius 3 is 2.46 bits per heavy atom. The quantitative estimate of drug-likeness (QED) is 0.902. The van der Waals surface area contributed by atoms with Crippen LogP contribution in [0, 0.1) is 11.3 Å². The number of nitrogens with zero attached hydrogens (tertiary/aromatic N) is 4. The lowest BCUT2D eigenvalue weighted by atomic mass is 10.1. The van der Waals surface area contributed by atoms with Gasteiger partial charge in [-0.2, -0.15) is 5.26 Å². The normalized spacial score (nSPS) is 14.1. The van der Waals surface area contributed by atoms with Crippen molar-refractivity contribution in [2.45, 2.75) is 25.8 Å². The lowest BCUT2D eigenvalue weighted by molar-refractivity contribution is 0.576. The molecule has 7 nitrogen and oxygen atoms in total. The fraction of sp³-hybridized carbons (Fsp3) is 0.421. The summed E-state index contributed by atoms with van der Waals surface area (Å²) in [6.07, 6.45) is 3.63. The summed E-state index contributed by atoms with van der Waals surface area (Å²) in [5.41, 5.74) is 1.15. The summed E-state index contributed by atoms with van der Waals surface area (Å²) in [5, 5.41) is 12.5. The van der Waals surface area contributed by atoms with Crippen molar-refractivity contribution in [3.63, 3.8) is 0 Å². The van der Waals surface area contributed by atoms with Gasteiger partial charge in [-0.3, -0.25) is 13.9 Å². The molecular formula is C19H23N5O2. The molecule has 0 spiro atoms. The fourth-order valence-corrected chi connectivity index (χ4v) is 3.43. The van der Waals surface area contributed by atoms with E-state index in [4.69, 9.17) is 0 Å². The van der Waals surface area contributed by atoms with Crippen LogP contribution in [0.15, 0.2) is 33.9 Å². The monoisotopic (exact) mass is 353 g/mol. The molecule has 0 atom stereocenters. The van der Waals surface area contributed by atoms with Crippen molar-refractivity contribution in [2.24, 2.45) is 14.1 Å². The van der Waals surface area contributed by atoms with Crippen molar-refractivity contribution in [2.75, 3.05) is 23.3 Å². The van der Waals surface area contributed by atoms with Crippen molar-refractivity contribution >= 4 is 11.5 Å². The van der Waals surface area contributed by atoms with Gasteiger partial charge in [0.2, 0.25) is 0 Å². The van der Waals surface area contributed by atoms with Gasteiger partial charge in [0.25, 0.3) is 5.56 Å². The van der Waals surface area contributed by atoms with E-state index in [2.05, 4.69) is 16.3 Å². The van der Waals surface area contributed by atoms with Crippen LogP contribution in [-0.4, -0.2) is 22.2 Å². The minimum atomic E-state index is -0.581. The molecule has 2 heterocycles. The first-order valence-corrected chi connectivity index (χ1v) is 8.81. The van der Waals surface area contributed by atoms with Crippen molar-refractivity contribution in [3.8, 4) is 6.07 Å². The van der Waals surface area contributed by atoms with Crippen LogP contribution in [0.2, 0.25) is 0 Å². The van der Waals surface area contributed by atoms with Gasteiger partial charge in [0.05, 0.1) is 0 Å². The Morgan fingerprint density at radius 1 is 1.08 bits per heavy atom. The third-order valence-corrected chi connectivity index (χ3v) is 4.91. The lowest BCUT2D eigenvalue weighted by Gasteiger charge is -2.30. The Morgan fingerprint density at radius 2 is 1.77 bits per heavy atom. The topological polar surface area (TPSA) is 83.1 Å². The van der Waals surface area contributed by atoms with E-state index in [9.17, 15) is 14.9 Å². The average Bonchev–Trinajstić information content (AvgIpc) is 2.69. The molecule has 0 saturated carbocycles. The summed E-state index contributed by atoms with van der Waals surface area (Å²) in [7, 11) is 2.93. The van der Waals surface area contributed by atoms with Gasteiger partial charge in [0.15, 0.2) is 5.56 Å². The first kappa shape index (κ1) is 17.8. The summed E-state index contributed by atoms with van der Waals surface area (Å²) in [6.45, 7) is 2.50. The number of anilines is 2. The number of aromatic nitrogens is 2. The van der Waals surface area contributed by atoms with Crippen LogP contribution in [0.25, 0.3) is 0 Å². The van der Waals surface area contributed by atoms with Crippen LogP contribution in [0.3, 0.4) is 0 Å². The zero-order chi connectivity index (χ0) is 18.7. The number of benzene rings is 1. The van der Waals surface area contributed by atoms with Crippen LogP contribution in [0.5, 0.6) is 0 Å². The highest BCUT2D eigenvalue weighted by molar-refractivity contribution is 5.57. The van der Waals surface area contributed by atoms with Gasteiger partial charge in [-0.05, 0) is 30.9 Å². The molecule has 1 N–H and O–H groups in total. The van der Waals surface area contributed by atoms with Gasteiger partial charge in [0.1, 0.15) is 11.9 Å². The SMILES string of the molecule is Cn1c(NCc2ccccc2N2CCCCC2)c(C#N)c(=O)n(C)c1=O. The number of hydrogen-bond acceptors (Lipinski definition) is 5. The summed E-state index contributed by atoms with van der Waals surface area (Å²) in [6, 6.07) is 10.0. The smallest absolute Gasteiger partial charge is 0.332 e. The van der Waals surface area contributed by atoms with E-state index in [0.29, 0.717) is 6.54 Å². The molecule has 3 rings (SSSR count). The molecule has 1 aromatic carbocycles. The maximum Gasteiger partial charge on any atom is 0.332 e. The average molecular weight is 353 g/mol. The number of hydrogen-bond donors (Lipinski definition) is 1. The second kappa shape index (κ2) is 7.48. The number of piperidine rings is 1. The summed E-state index contributed by atoms with van der Waals surface area (Å²) in [4.78, 5) is 26.7. The van der Waals surface area contributed by atoms with Gasteiger partial charge < -0.3 is 10.2 Å². The van der Waals surface area contributed by atoms with E-state index >= 15 is 0 Å². The third kappa shape index (κ3) is 3.23. The van der Waals surface area contributed by atoms with Crippen molar-refractivity contribution in [1.29, 1.82) is 5.26 Å². The van der Waals surface area contributed by atoms with Crippen molar-refractivity contribution in [3.05, 3.63) is 56.2 Å². The van der Waals surface area contributed by atoms with Crippen LogP contribution in [-0.2, 0) is 20.6 Å². The summed E-state index contributed by atoms with van der Waals surface area (Å²) in [5.74, 6) is 0.258. The van der Waals surface area contributed by atoms with Crippen molar-refractivity contribution < 1.29 is 0 Å². The van der Waals surface area contributed by atoms with E-state index < -0.39 is 11.2 Å². The minimum absolute atomic E-state index is 0.0509. The Labute approximate surface area is 152 Å². The molecule has 1 fully saturated rings. The standard InChI is InChI=1S/C19H23N5O2/c1-22-17(15(12-20)18(25)23(2)19(22)26)21-13-14-8-4-5-9-16(14)24-10-6-3-7-11-24/h4-5,8-9,21H,3,6-7,10-11,13H2,1-2H3. The first-order valence-electron chi connectivity index (χ1n) is 8.81. The molecule has 0 amide bonds. The van der Waals surface area contributed by atoms with E-state index in [1.807, 2.05) is 24.3 Å². The Kier molecular flexibility index (Phi) is 5.12. The van der Waals surface area contributed by atoms with Crippen LogP contribution in [0.1, 0.15) is 30.4 Å². The molecule has 1 saturated heterocycles. The zero-order valence-electron chi connectivity index (χ0n) is 15.2. The second-order valence-corrected chi connectivity index (χ2v) is 6.57. The second-order valence-electron chi connectivity index (χ2n) is 6.57. The first-order chi connectivity index (χ1) is 12.5. The van der Waals surface area contributed by atoms with Crippen LogP contribution < -0.4 is 21.5 Å². The highest BCUT2D eigenvalue weighted by Crippen LogP contribution is 2.25. The molecule has 1 aliphatic rings. The molecule has 0 bridgehead atoms. The van der Waals surface area contributed by atoms with E-state index in [0.717, 1.165) is 28.9 Å². The molecule has 1 aromatic heterocycles. The predicted octanol–water partition coefficient (Wildman–Crippen LogP) is 1.56. The van der Waals surface area contributed by atoms with E-state index in [-0.39, 0.29) is 11.4 Å². The fourth-order valence-electron chi connectivity index (χ4n) is 3.43. The summed E-state index contributed by atoms with van der Waals surface area (Å²) >= 11 is 0. The minimum Gasteiger partial charge on any atom is -0.371 e. The molecule has 136 valence electrons. The van der Waals surface area contributed by atoms with E-state index in [1.165, 1.54) is 30.9 Å². The van der Waals surface area contributed by atoms with Crippen molar-refractivity contribution in [1.82, 2.24) is 9.13 Å². The maximum atomic E-state index is 12.2. The highest BCUT2D eigenvalue weighted by Gasteiger charge is 2.17. The molecular weight excluding hydrogens is 330 g/mol. The number of nitriles is 1. The van der Waals surface area contributed by atoms with Crippen LogP contribution in [0.4, 0.5) is 11.5 Å². The maximum absolute atomic E-state index is 12.2. The Bertz CT molecular complexity index is 961. The Hall–Kier alpha value is -3.01. The molecule has 26 heavy (non-hydrogen) atoms. The number of rotatable bonds is 4. The number of para-hydroxylation sites is 1. The van der Waals surface area contributed by atoms with E-state index in [1.54, 1.807) is 7.05 Å². The molecule has 7 heteroatoms. The summed E-state index contributed by atoms with van der Waals surface area (Å²) < 4.78 is 2.26. The molecule has 0 unspecified atom stereocenters.